The standard InChI is InChI=1S/C56H34N4S/c1-4-18-35(19-5-1)44-34-38(32-33-39(44)56-57-45-28-14-10-24-40(45)52(58-56)36-20-6-2-7-21-36)60-46-29-15-11-25-41(46)49-50-43-27-13-17-31-48(43)61-55(50)51-42-26-12-16-30-47(42)59(54(51)53(49)60)37-22-8-3-9-23-37/h1-34H. The molecule has 0 atom stereocenters. The highest BCUT2D eigenvalue weighted by Crippen LogP contribution is 2.51. The van der Waals surface area contributed by atoms with E-state index in [1.54, 1.807) is 0 Å². The monoisotopic (exact) mass is 794 g/mol. The van der Waals surface area contributed by atoms with Crippen LogP contribution < -0.4 is 0 Å². The normalized spacial score (nSPS) is 11.9. The van der Waals surface area contributed by atoms with Gasteiger partial charge in [0.15, 0.2) is 5.82 Å². The maximum atomic E-state index is 5.37. The average molecular weight is 795 g/mol. The summed E-state index contributed by atoms with van der Waals surface area (Å²) in [4.78, 5) is 10.6. The number of rotatable bonds is 5. The summed E-state index contributed by atoms with van der Waals surface area (Å²) in [6.07, 6.45) is 0. The van der Waals surface area contributed by atoms with Crippen molar-refractivity contribution in [2.75, 3.05) is 0 Å². The molecule has 13 rings (SSSR count). The van der Waals surface area contributed by atoms with E-state index in [0.29, 0.717) is 5.82 Å². The third-order valence-corrected chi connectivity index (χ3v) is 13.5. The fourth-order valence-electron chi connectivity index (χ4n) is 9.73. The minimum absolute atomic E-state index is 0.697. The van der Waals surface area contributed by atoms with Crippen molar-refractivity contribution in [3.8, 4) is 45.1 Å². The van der Waals surface area contributed by atoms with Crippen LogP contribution in [0, 0.1) is 0 Å². The van der Waals surface area contributed by atoms with Crippen molar-refractivity contribution < 1.29 is 0 Å². The fourth-order valence-corrected chi connectivity index (χ4v) is 11.0. The number of fused-ring (bicyclic) bond motifs is 13. The van der Waals surface area contributed by atoms with Crippen LogP contribution >= 0.6 is 11.3 Å². The van der Waals surface area contributed by atoms with Crippen LogP contribution in [0.3, 0.4) is 0 Å². The Bertz CT molecular complexity index is 3860. The molecule has 0 unspecified atom stereocenters. The first kappa shape index (κ1) is 34.0. The summed E-state index contributed by atoms with van der Waals surface area (Å²) in [5.41, 5.74) is 13.0. The van der Waals surface area contributed by atoms with Gasteiger partial charge < -0.3 is 9.13 Å². The fraction of sp³-hybridized carbons (Fsp3) is 0. The quantitative estimate of drug-likeness (QED) is 0.174. The Balaban J connectivity index is 1.20. The molecule has 0 fully saturated rings. The Hall–Kier alpha value is -7.86. The lowest BCUT2D eigenvalue weighted by Gasteiger charge is -2.17. The van der Waals surface area contributed by atoms with Crippen molar-refractivity contribution in [3.63, 3.8) is 0 Å². The predicted molar refractivity (Wildman–Crippen MR) is 257 cm³/mol. The minimum Gasteiger partial charge on any atom is -0.307 e. The molecule has 0 aliphatic rings. The van der Waals surface area contributed by atoms with Gasteiger partial charge in [0.2, 0.25) is 0 Å². The summed E-state index contributed by atoms with van der Waals surface area (Å²) in [5, 5.41) is 8.67. The van der Waals surface area contributed by atoms with Crippen LogP contribution in [-0.2, 0) is 0 Å². The van der Waals surface area contributed by atoms with Gasteiger partial charge in [0.1, 0.15) is 0 Å². The second-order valence-corrected chi connectivity index (χ2v) is 16.7. The lowest BCUT2D eigenvalue weighted by Crippen LogP contribution is -2.01. The van der Waals surface area contributed by atoms with E-state index in [9.17, 15) is 0 Å². The van der Waals surface area contributed by atoms with Crippen LogP contribution in [0.4, 0.5) is 0 Å². The zero-order valence-electron chi connectivity index (χ0n) is 32.8. The molecule has 4 heterocycles. The van der Waals surface area contributed by atoms with Crippen molar-refractivity contribution >= 4 is 86.0 Å². The van der Waals surface area contributed by atoms with Crippen molar-refractivity contribution in [3.05, 3.63) is 206 Å². The molecule has 61 heavy (non-hydrogen) atoms. The zero-order chi connectivity index (χ0) is 40.0. The van der Waals surface area contributed by atoms with Crippen LogP contribution in [0.25, 0.3) is 120 Å². The van der Waals surface area contributed by atoms with E-state index in [1.807, 2.05) is 17.4 Å². The molecule has 0 bridgehead atoms. The molecule has 4 nitrogen and oxygen atoms in total. The molecular formula is C56H34N4S. The van der Waals surface area contributed by atoms with Crippen molar-refractivity contribution in [1.82, 2.24) is 19.1 Å². The van der Waals surface area contributed by atoms with Crippen LogP contribution in [0.1, 0.15) is 0 Å². The number of hydrogen-bond donors (Lipinski definition) is 0. The second-order valence-electron chi connectivity index (χ2n) is 15.7. The van der Waals surface area contributed by atoms with Gasteiger partial charge >= 0.3 is 0 Å². The molecule has 0 amide bonds. The van der Waals surface area contributed by atoms with E-state index in [2.05, 4.69) is 209 Å². The van der Waals surface area contributed by atoms with Gasteiger partial charge in [-0.25, -0.2) is 9.97 Å². The van der Waals surface area contributed by atoms with Crippen LogP contribution in [0.2, 0.25) is 0 Å². The highest BCUT2D eigenvalue weighted by atomic mass is 32.1. The summed E-state index contributed by atoms with van der Waals surface area (Å²) in [6, 6.07) is 74.0. The number of para-hydroxylation sites is 4. The number of benzene rings is 9. The number of nitrogens with zero attached hydrogens (tertiary/aromatic N) is 4. The molecule has 0 spiro atoms. The first-order valence-electron chi connectivity index (χ1n) is 20.7. The van der Waals surface area contributed by atoms with Gasteiger partial charge in [0.05, 0.1) is 33.3 Å². The van der Waals surface area contributed by atoms with Gasteiger partial charge in [0, 0.05) is 69.6 Å². The summed E-state index contributed by atoms with van der Waals surface area (Å²) in [5.74, 6) is 0.697. The van der Waals surface area contributed by atoms with Gasteiger partial charge in [-0.3, -0.25) is 0 Å². The van der Waals surface area contributed by atoms with Gasteiger partial charge in [-0.15, -0.1) is 11.3 Å². The molecule has 13 aromatic rings. The topological polar surface area (TPSA) is 35.6 Å². The third kappa shape index (κ3) is 5.05. The molecular weight excluding hydrogens is 761 g/mol. The van der Waals surface area contributed by atoms with Gasteiger partial charge in [-0.1, -0.05) is 152 Å². The minimum atomic E-state index is 0.697. The molecule has 284 valence electrons. The largest absolute Gasteiger partial charge is 0.307 e. The maximum Gasteiger partial charge on any atom is 0.161 e. The van der Waals surface area contributed by atoms with E-state index >= 15 is 0 Å². The van der Waals surface area contributed by atoms with Gasteiger partial charge in [0.25, 0.3) is 0 Å². The number of thiophene rings is 1. The maximum absolute atomic E-state index is 5.37. The van der Waals surface area contributed by atoms with E-state index in [-0.39, 0.29) is 0 Å². The highest BCUT2D eigenvalue weighted by molar-refractivity contribution is 7.27. The van der Waals surface area contributed by atoms with Crippen molar-refractivity contribution in [1.29, 1.82) is 0 Å². The summed E-state index contributed by atoms with van der Waals surface area (Å²) in [6.45, 7) is 0. The summed E-state index contributed by atoms with van der Waals surface area (Å²) >= 11 is 1.91. The van der Waals surface area contributed by atoms with Crippen LogP contribution in [0.15, 0.2) is 206 Å². The molecule has 9 aromatic carbocycles. The lowest BCUT2D eigenvalue weighted by atomic mass is 9.97. The van der Waals surface area contributed by atoms with E-state index in [4.69, 9.17) is 9.97 Å². The molecule has 0 radical (unpaired) electrons. The zero-order valence-corrected chi connectivity index (χ0v) is 33.6. The smallest absolute Gasteiger partial charge is 0.161 e. The lowest BCUT2D eigenvalue weighted by molar-refractivity contribution is 1.15. The Morgan fingerprint density at radius 1 is 0.377 bits per heavy atom. The molecule has 0 aliphatic carbocycles. The van der Waals surface area contributed by atoms with Gasteiger partial charge in [-0.05, 0) is 65.7 Å². The first-order valence-corrected chi connectivity index (χ1v) is 21.5. The Morgan fingerprint density at radius 2 is 0.934 bits per heavy atom. The Labute approximate surface area is 354 Å². The van der Waals surface area contributed by atoms with E-state index < -0.39 is 0 Å². The molecule has 0 saturated heterocycles. The van der Waals surface area contributed by atoms with E-state index in [1.165, 1.54) is 58.3 Å². The highest BCUT2D eigenvalue weighted by Gasteiger charge is 2.27. The predicted octanol–water partition coefficient (Wildman–Crippen LogP) is 15.2. The first-order chi connectivity index (χ1) is 30.3. The molecule has 0 N–H and O–H groups in total. The van der Waals surface area contributed by atoms with Crippen molar-refractivity contribution in [2.24, 2.45) is 0 Å². The van der Waals surface area contributed by atoms with Crippen molar-refractivity contribution in [2.45, 2.75) is 0 Å². The second kappa shape index (κ2) is 13.3. The molecule has 5 heteroatoms. The Morgan fingerprint density at radius 3 is 1.67 bits per heavy atom. The molecule has 0 saturated carbocycles. The number of hydrogen-bond acceptors (Lipinski definition) is 3. The van der Waals surface area contributed by atoms with E-state index in [0.717, 1.165) is 55.7 Å². The van der Waals surface area contributed by atoms with Crippen LogP contribution in [-0.4, -0.2) is 19.1 Å². The van der Waals surface area contributed by atoms with Gasteiger partial charge in [-0.2, -0.15) is 0 Å². The average Bonchev–Trinajstić information content (AvgIpc) is 4.00. The Kier molecular flexibility index (Phi) is 7.44. The SMILES string of the molecule is c1ccc(-c2cc(-n3c4ccccc4c4c5c6ccccc6sc5c5c6ccccc6n(-c6ccccc6)c5c43)ccc2-c2nc(-c3ccccc3)c3ccccc3n2)cc1. The molecule has 0 aliphatic heterocycles. The van der Waals surface area contributed by atoms with Crippen LogP contribution in [0.5, 0.6) is 0 Å². The third-order valence-electron chi connectivity index (χ3n) is 12.3. The summed E-state index contributed by atoms with van der Waals surface area (Å²) in [7, 11) is 0. The molecule has 4 aromatic heterocycles. The summed E-state index contributed by atoms with van der Waals surface area (Å²) < 4.78 is 7.62. The number of aromatic nitrogens is 4.